The summed E-state index contributed by atoms with van der Waals surface area (Å²) >= 11 is 0. The number of carbonyl (C=O) groups is 1. The molecule has 2 aromatic rings. The van der Waals surface area contributed by atoms with Gasteiger partial charge in [-0.2, -0.15) is 0 Å². The molecule has 0 aliphatic carbocycles. The third-order valence-electron chi connectivity index (χ3n) is 2.49. The second-order valence-corrected chi connectivity index (χ2v) is 3.94. The molecule has 6 heteroatoms. The van der Waals surface area contributed by atoms with Gasteiger partial charge >= 0.3 is 5.97 Å². The summed E-state index contributed by atoms with van der Waals surface area (Å²) in [7, 11) is 0. The second kappa shape index (κ2) is 6.88. The summed E-state index contributed by atoms with van der Waals surface area (Å²) in [6.07, 6.45) is 0. The van der Waals surface area contributed by atoms with Crippen molar-refractivity contribution in [3.63, 3.8) is 0 Å². The lowest BCUT2D eigenvalue weighted by Crippen LogP contribution is -2.04. The van der Waals surface area contributed by atoms with Crippen molar-refractivity contribution in [3.8, 4) is 11.3 Å². The fourth-order valence-electron chi connectivity index (χ4n) is 1.66. The smallest absolute Gasteiger partial charge is 0.354 e. The zero-order valence-electron chi connectivity index (χ0n) is 11.7. The summed E-state index contributed by atoms with van der Waals surface area (Å²) in [5.41, 5.74) is -1.49. The van der Waals surface area contributed by atoms with Crippen LogP contribution in [-0.4, -0.2) is 16.1 Å². The highest BCUT2D eigenvalue weighted by Gasteiger charge is 2.19. The van der Waals surface area contributed by atoms with Crippen LogP contribution in [0.5, 0.6) is 0 Å². The topological polar surface area (TPSA) is 50.2 Å². The van der Waals surface area contributed by atoms with Crippen LogP contribution in [0.3, 0.4) is 0 Å². The predicted octanol–water partition coefficient (Wildman–Crippen LogP) is 4.20. The number of hydrogen-bond acceptors (Lipinski definition) is 2. The van der Waals surface area contributed by atoms with Gasteiger partial charge in [0.2, 0.25) is 0 Å². The molecule has 0 saturated carbocycles. The average Bonchev–Trinajstić information content (AvgIpc) is 2.41. The number of aromatic nitrogens is 1. The van der Waals surface area contributed by atoms with Crippen LogP contribution < -0.4 is 0 Å². The van der Waals surface area contributed by atoms with Gasteiger partial charge in [0.25, 0.3) is 0 Å². The Morgan fingerprint density at radius 3 is 2.05 bits per heavy atom. The minimum absolute atomic E-state index is 0.327. The highest BCUT2D eigenvalue weighted by Crippen LogP contribution is 2.28. The first kappa shape index (κ1) is 16.7. The summed E-state index contributed by atoms with van der Waals surface area (Å²) in [6.45, 7) is 5.48. The zero-order chi connectivity index (χ0) is 16.2. The van der Waals surface area contributed by atoms with Gasteiger partial charge in [-0.3, -0.25) is 0 Å². The molecule has 0 fully saturated rings. The van der Waals surface area contributed by atoms with Crippen molar-refractivity contribution in [1.29, 1.82) is 0 Å². The fraction of sp³-hybridized carbons (Fsp3) is 0.200. The molecule has 1 aromatic heterocycles. The van der Waals surface area contributed by atoms with Crippen molar-refractivity contribution in [3.05, 3.63) is 53.0 Å². The molecular formula is C15H14F3NO2. The molecule has 0 aliphatic rings. The van der Waals surface area contributed by atoms with Crippen LogP contribution in [0.2, 0.25) is 0 Å². The quantitative estimate of drug-likeness (QED) is 0.903. The minimum atomic E-state index is -1.41. The minimum Gasteiger partial charge on any atom is -0.477 e. The standard InChI is InChI=1S/C13H8F3NO2.C2H6/c1-6-4-8(15)11(9(16)5-6)12-7(14)2-3-10(17-12)13(18)19;1-2/h2-5H,1H3,(H,18,19);1-2H3. The third-order valence-corrected chi connectivity index (χ3v) is 2.49. The Labute approximate surface area is 120 Å². The zero-order valence-corrected chi connectivity index (χ0v) is 11.7. The van der Waals surface area contributed by atoms with Crippen molar-refractivity contribution in [2.75, 3.05) is 0 Å². The molecule has 3 nitrogen and oxygen atoms in total. The number of halogens is 3. The first-order valence-electron chi connectivity index (χ1n) is 6.26. The molecule has 0 spiro atoms. The van der Waals surface area contributed by atoms with E-state index in [1.54, 1.807) is 0 Å². The molecule has 21 heavy (non-hydrogen) atoms. The molecule has 0 saturated heterocycles. The molecule has 112 valence electrons. The molecule has 0 aliphatic heterocycles. The number of carboxylic acids is 1. The van der Waals surface area contributed by atoms with Gasteiger partial charge < -0.3 is 5.11 Å². The van der Waals surface area contributed by atoms with Crippen molar-refractivity contribution in [2.45, 2.75) is 20.8 Å². The Balaban J connectivity index is 0.00000106. The van der Waals surface area contributed by atoms with Crippen LogP contribution in [0, 0.1) is 24.4 Å². The molecule has 1 N–H and O–H groups in total. The van der Waals surface area contributed by atoms with Crippen LogP contribution in [0.4, 0.5) is 13.2 Å². The van der Waals surface area contributed by atoms with Gasteiger partial charge in [0.1, 0.15) is 28.8 Å². The van der Waals surface area contributed by atoms with E-state index in [4.69, 9.17) is 5.11 Å². The Bertz CT molecular complexity index is 649. The van der Waals surface area contributed by atoms with Gasteiger partial charge in [0, 0.05) is 0 Å². The normalized spacial score (nSPS) is 9.81. The van der Waals surface area contributed by atoms with E-state index in [9.17, 15) is 18.0 Å². The highest BCUT2D eigenvalue weighted by atomic mass is 19.1. The number of aryl methyl sites for hydroxylation is 1. The van der Waals surface area contributed by atoms with Gasteiger partial charge in [-0.15, -0.1) is 0 Å². The number of rotatable bonds is 2. The maximum Gasteiger partial charge on any atom is 0.354 e. The average molecular weight is 297 g/mol. The summed E-state index contributed by atoms with van der Waals surface area (Å²) in [5, 5.41) is 8.76. The lowest BCUT2D eigenvalue weighted by molar-refractivity contribution is 0.0690. The summed E-state index contributed by atoms with van der Waals surface area (Å²) in [5.74, 6) is -4.39. The van der Waals surface area contributed by atoms with Crippen molar-refractivity contribution < 1.29 is 23.1 Å². The fourth-order valence-corrected chi connectivity index (χ4v) is 1.66. The van der Waals surface area contributed by atoms with E-state index in [2.05, 4.69) is 4.98 Å². The van der Waals surface area contributed by atoms with Crippen molar-refractivity contribution in [1.82, 2.24) is 4.98 Å². The largest absolute Gasteiger partial charge is 0.477 e. The first-order chi connectivity index (χ1) is 9.90. The van der Waals surface area contributed by atoms with Crippen molar-refractivity contribution >= 4 is 5.97 Å². The van der Waals surface area contributed by atoms with E-state index in [1.165, 1.54) is 6.92 Å². The Hall–Kier alpha value is -2.37. The third kappa shape index (κ3) is 3.59. The summed E-state index contributed by atoms with van der Waals surface area (Å²) in [6, 6.07) is 3.77. The maximum absolute atomic E-state index is 13.7. The van der Waals surface area contributed by atoms with E-state index >= 15 is 0 Å². The second-order valence-electron chi connectivity index (χ2n) is 3.94. The van der Waals surface area contributed by atoms with E-state index < -0.39 is 40.4 Å². The van der Waals surface area contributed by atoms with Crippen molar-refractivity contribution in [2.24, 2.45) is 0 Å². The highest BCUT2D eigenvalue weighted by molar-refractivity contribution is 5.86. The SMILES string of the molecule is CC.Cc1cc(F)c(-c2nc(C(=O)O)ccc2F)c(F)c1. The lowest BCUT2D eigenvalue weighted by atomic mass is 10.1. The number of nitrogens with zero attached hydrogens (tertiary/aromatic N) is 1. The molecular weight excluding hydrogens is 283 g/mol. The number of aromatic carboxylic acids is 1. The van der Waals surface area contributed by atoms with E-state index in [0.717, 1.165) is 24.3 Å². The molecule has 0 amide bonds. The first-order valence-corrected chi connectivity index (χ1v) is 6.26. The van der Waals surface area contributed by atoms with Crippen LogP contribution in [-0.2, 0) is 0 Å². The molecule has 0 unspecified atom stereocenters. The van der Waals surface area contributed by atoms with Gasteiger partial charge in [0.15, 0.2) is 0 Å². The monoisotopic (exact) mass is 297 g/mol. The Morgan fingerprint density at radius 2 is 1.57 bits per heavy atom. The van der Waals surface area contributed by atoms with Crippen LogP contribution in [0.15, 0.2) is 24.3 Å². The number of carboxylic acid groups (broad SMARTS) is 1. The van der Waals surface area contributed by atoms with Crippen LogP contribution in [0.1, 0.15) is 29.9 Å². The molecule has 0 radical (unpaired) electrons. The molecule has 1 aromatic carbocycles. The van der Waals surface area contributed by atoms with Gasteiger partial charge in [0.05, 0.1) is 5.56 Å². The van der Waals surface area contributed by atoms with E-state index in [0.29, 0.717) is 5.56 Å². The number of benzene rings is 1. The number of pyridine rings is 1. The molecule has 0 bridgehead atoms. The van der Waals surface area contributed by atoms with Gasteiger partial charge in [-0.05, 0) is 36.8 Å². The van der Waals surface area contributed by atoms with Crippen LogP contribution in [0.25, 0.3) is 11.3 Å². The van der Waals surface area contributed by atoms with Crippen LogP contribution >= 0.6 is 0 Å². The maximum atomic E-state index is 13.7. The molecule has 0 atom stereocenters. The molecule has 1 heterocycles. The Morgan fingerprint density at radius 1 is 1.05 bits per heavy atom. The number of hydrogen-bond donors (Lipinski definition) is 1. The Kier molecular flexibility index (Phi) is 5.46. The summed E-state index contributed by atoms with van der Waals surface area (Å²) < 4.78 is 41.0. The van der Waals surface area contributed by atoms with E-state index in [-0.39, 0.29) is 0 Å². The van der Waals surface area contributed by atoms with Gasteiger partial charge in [-0.1, -0.05) is 13.8 Å². The van der Waals surface area contributed by atoms with E-state index in [1.807, 2.05) is 13.8 Å². The predicted molar refractivity (Wildman–Crippen MR) is 72.6 cm³/mol. The molecule has 2 rings (SSSR count). The summed E-state index contributed by atoms with van der Waals surface area (Å²) in [4.78, 5) is 14.2. The van der Waals surface area contributed by atoms with Gasteiger partial charge in [-0.25, -0.2) is 22.9 Å². The lowest BCUT2D eigenvalue weighted by Gasteiger charge is -2.07.